The van der Waals surface area contributed by atoms with Gasteiger partial charge in [-0.05, 0) is 51.0 Å². The first-order valence-electron chi connectivity index (χ1n) is 9.80. The second-order valence-corrected chi connectivity index (χ2v) is 7.59. The molecule has 3 N–H and O–H groups in total. The fourth-order valence-electron chi connectivity index (χ4n) is 2.29. The predicted molar refractivity (Wildman–Crippen MR) is 116 cm³/mol. The molecule has 0 heterocycles. The van der Waals surface area contributed by atoms with Crippen molar-refractivity contribution in [3.8, 4) is 0 Å². The number of amides is 2. The first-order valence-corrected chi connectivity index (χ1v) is 9.80. The molecule has 2 amide bonds. The Balaban J connectivity index is 0.000000512. The van der Waals surface area contributed by atoms with E-state index in [1.54, 1.807) is 20.8 Å². The Morgan fingerprint density at radius 3 is 2.19 bits per heavy atom. The van der Waals surface area contributed by atoms with E-state index in [9.17, 15) is 18.8 Å². The van der Waals surface area contributed by atoms with Gasteiger partial charge in [-0.15, -0.1) is 0 Å². The Bertz CT molecular complexity index is 879. The van der Waals surface area contributed by atoms with Gasteiger partial charge in [-0.25, -0.2) is 14.0 Å². The Labute approximate surface area is 181 Å². The van der Waals surface area contributed by atoms with Gasteiger partial charge in [0.25, 0.3) is 0 Å². The predicted octanol–water partition coefficient (Wildman–Crippen LogP) is 4.80. The normalized spacial score (nSPS) is 10.4. The van der Waals surface area contributed by atoms with Gasteiger partial charge in [0.15, 0.2) is 0 Å². The van der Waals surface area contributed by atoms with E-state index >= 15 is 0 Å². The number of rotatable bonds is 6. The number of benzene rings is 2. The highest BCUT2D eigenvalue weighted by molar-refractivity contribution is 5.93. The van der Waals surface area contributed by atoms with Gasteiger partial charge < -0.3 is 20.5 Å². The molecule has 0 atom stereocenters. The van der Waals surface area contributed by atoms with Crippen molar-refractivity contribution in [2.24, 2.45) is 5.73 Å². The maximum absolute atomic E-state index is 14.0. The summed E-state index contributed by atoms with van der Waals surface area (Å²) in [5.41, 5.74) is 5.28. The van der Waals surface area contributed by atoms with Crippen molar-refractivity contribution >= 4 is 23.7 Å². The molecule has 7 nitrogen and oxygen atoms in total. The first kappa shape index (κ1) is 25.6. The van der Waals surface area contributed by atoms with E-state index < -0.39 is 23.5 Å². The van der Waals surface area contributed by atoms with Crippen LogP contribution in [0.5, 0.6) is 0 Å². The summed E-state index contributed by atoms with van der Waals surface area (Å²) >= 11 is 0. The molecule has 0 saturated carbocycles. The lowest BCUT2D eigenvalue weighted by Gasteiger charge is -2.16. The SMILES string of the molecule is CC(C)(C)OC(N)=O.CCCC(=O)Nc1ccc(C(=O)OCc2ccccc2)cc1F. The Morgan fingerprint density at radius 2 is 1.71 bits per heavy atom. The molecule has 0 aliphatic carbocycles. The first-order chi connectivity index (χ1) is 14.5. The Morgan fingerprint density at radius 1 is 1.06 bits per heavy atom. The number of carbonyl (C=O) groups excluding carboxylic acids is 3. The van der Waals surface area contributed by atoms with Gasteiger partial charge in [0.05, 0.1) is 11.3 Å². The van der Waals surface area contributed by atoms with E-state index in [4.69, 9.17) is 10.5 Å². The number of hydrogen-bond acceptors (Lipinski definition) is 5. The molecule has 0 aliphatic heterocycles. The second-order valence-electron chi connectivity index (χ2n) is 7.59. The van der Waals surface area contributed by atoms with Crippen LogP contribution >= 0.6 is 0 Å². The number of anilines is 1. The number of primary amides is 1. The third-order valence-electron chi connectivity index (χ3n) is 3.58. The average molecular weight is 432 g/mol. The molecule has 2 rings (SSSR count). The van der Waals surface area contributed by atoms with Gasteiger partial charge in [-0.1, -0.05) is 37.3 Å². The van der Waals surface area contributed by atoms with Crippen LogP contribution in [-0.4, -0.2) is 23.6 Å². The van der Waals surface area contributed by atoms with Crippen LogP contribution < -0.4 is 11.1 Å². The molecular weight excluding hydrogens is 403 g/mol. The van der Waals surface area contributed by atoms with Crippen molar-refractivity contribution in [1.29, 1.82) is 0 Å². The lowest BCUT2D eigenvalue weighted by molar-refractivity contribution is -0.116. The van der Waals surface area contributed by atoms with Crippen LogP contribution in [0.1, 0.15) is 56.5 Å². The van der Waals surface area contributed by atoms with Crippen molar-refractivity contribution in [3.63, 3.8) is 0 Å². The van der Waals surface area contributed by atoms with Crippen molar-refractivity contribution < 1.29 is 28.2 Å². The summed E-state index contributed by atoms with van der Waals surface area (Å²) < 4.78 is 23.7. The zero-order valence-corrected chi connectivity index (χ0v) is 18.2. The van der Waals surface area contributed by atoms with E-state index in [1.807, 2.05) is 37.3 Å². The van der Waals surface area contributed by atoms with E-state index in [2.05, 4.69) is 10.1 Å². The number of ether oxygens (including phenoxy) is 2. The minimum Gasteiger partial charge on any atom is -0.457 e. The molecule has 2 aromatic rings. The molecule has 0 bridgehead atoms. The molecular formula is C23H29FN2O5. The third-order valence-corrected chi connectivity index (χ3v) is 3.58. The number of esters is 1. The maximum atomic E-state index is 14.0. The fourth-order valence-corrected chi connectivity index (χ4v) is 2.29. The van der Waals surface area contributed by atoms with Gasteiger partial charge in [0, 0.05) is 6.42 Å². The van der Waals surface area contributed by atoms with Gasteiger partial charge in [0.1, 0.15) is 18.0 Å². The summed E-state index contributed by atoms with van der Waals surface area (Å²) in [5, 5.41) is 2.47. The number of nitrogens with two attached hydrogens (primary N) is 1. The van der Waals surface area contributed by atoms with Crippen LogP contribution in [0.3, 0.4) is 0 Å². The fraction of sp³-hybridized carbons (Fsp3) is 0.348. The number of nitrogens with one attached hydrogen (secondary N) is 1. The minimum absolute atomic E-state index is 0.0584. The quantitative estimate of drug-likeness (QED) is 0.638. The average Bonchev–Trinajstić information content (AvgIpc) is 2.67. The lowest BCUT2D eigenvalue weighted by atomic mass is 10.2. The van der Waals surface area contributed by atoms with Gasteiger partial charge in [-0.3, -0.25) is 4.79 Å². The zero-order chi connectivity index (χ0) is 23.4. The highest BCUT2D eigenvalue weighted by Gasteiger charge is 2.13. The number of carbonyl (C=O) groups is 3. The second kappa shape index (κ2) is 12.3. The third kappa shape index (κ3) is 10.8. The van der Waals surface area contributed by atoms with E-state index in [-0.39, 0.29) is 23.8 Å². The van der Waals surface area contributed by atoms with Crippen molar-refractivity contribution in [2.45, 2.75) is 52.7 Å². The highest BCUT2D eigenvalue weighted by Crippen LogP contribution is 2.17. The summed E-state index contributed by atoms with van der Waals surface area (Å²) in [6.07, 6.45) is 0.273. The molecule has 0 radical (unpaired) electrons. The lowest BCUT2D eigenvalue weighted by Crippen LogP contribution is -2.27. The van der Waals surface area contributed by atoms with Crippen LogP contribution in [0.2, 0.25) is 0 Å². The molecule has 2 aromatic carbocycles. The van der Waals surface area contributed by atoms with Crippen LogP contribution in [0.4, 0.5) is 14.9 Å². The van der Waals surface area contributed by atoms with E-state index in [0.717, 1.165) is 11.6 Å². The van der Waals surface area contributed by atoms with Crippen molar-refractivity contribution in [3.05, 3.63) is 65.5 Å². The molecule has 0 spiro atoms. The molecule has 0 unspecified atom stereocenters. The zero-order valence-electron chi connectivity index (χ0n) is 18.2. The van der Waals surface area contributed by atoms with Gasteiger partial charge >= 0.3 is 12.1 Å². The summed E-state index contributed by atoms with van der Waals surface area (Å²) in [6.45, 7) is 7.27. The van der Waals surface area contributed by atoms with Crippen LogP contribution in [0.25, 0.3) is 0 Å². The molecule has 0 saturated heterocycles. The largest absolute Gasteiger partial charge is 0.457 e. The standard InChI is InChI=1S/C18H18FNO3.C5H11NO2/c1-2-6-17(21)20-16-10-9-14(11-15(16)19)18(22)23-12-13-7-4-3-5-8-13;1-5(2,3)8-4(6)7/h3-5,7-11H,2,6,12H2,1H3,(H,20,21);1-3H3,(H2,6,7). The Kier molecular flexibility index (Phi) is 10.2. The molecule has 0 aliphatic rings. The summed E-state index contributed by atoms with van der Waals surface area (Å²) in [5.74, 6) is -1.53. The smallest absolute Gasteiger partial charge is 0.405 e. The highest BCUT2D eigenvalue weighted by atomic mass is 19.1. The summed E-state index contributed by atoms with van der Waals surface area (Å²) in [6, 6.07) is 13.1. The van der Waals surface area contributed by atoms with Crippen molar-refractivity contribution in [2.75, 3.05) is 5.32 Å². The Hall–Kier alpha value is -3.42. The minimum atomic E-state index is -0.725. The molecule has 0 fully saturated rings. The molecule has 8 heteroatoms. The molecule has 31 heavy (non-hydrogen) atoms. The van der Waals surface area contributed by atoms with Crippen LogP contribution in [0.15, 0.2) is 48.5 Å². The van der Waals surface area contributed by atoms with Gasteiger partial charge in [0.2, 0.25) is 5.91 Å². The van der Waals surface area contributed by atoms with Crippen LogP contribution in [-0.2, 0) is 20.9 Å². The van der Waals surface area contributed by atoms with E-state index in [0.29, 0.717) is 12.8 Å². The van der Waals surface area contributed by atoms with Gasteiger partial charge in [-0.2, -0.15) is 0 Å². The van der Waals surface area contributed by atoms with E-state index in [1.165, 1.54) is 12.1 Å². The van der Waals surface area contributed by atoms with Crippen molar-refractivity contribution in [1.82, 2.24) is 0 Å². The maximum Gasteiger partial charge on any atom is 0.405 e. The summed E-state index contributed by atoms with van der Waals surface area (Å²) in [4.78, 5) is 33.4. The number of hydrogen-bond donors (Lipinski definition) is 2. The number of halogens is 1. The van der Waals surface area contributed by atoms with Crippen LogP contribution in [0, 0.1) is 5.82 Å². The monoisotopic (exact) mass is 432 g/mol. The molecule has 168 valence electrons. The topological polar surface area (TPSA) is 108 Å². The summed E-state index contributed by atoms with van der Waals surface area (Å²) in [7, 11) is 0. The molecule has 0 aromatic heterocycles.